The third-order valence-corrected chi connectivity index (χ3v) is 3.72. The Morgan fingerprint density at radius 3 is 1.53 bits per heavy atom. The highest BCUT2D eigenvalue weighted by atomic mass is 16.4. The van der Waals surface area contributed by atoms with E-state index in [0.29, 0.717) is 12.8 Å². The molecule has 0 spiro atoms. The molecule has 1 aliphatic carbocycles. The Bertz CT molecular complexity index is 388. The monoisotopic (exact) mass is 272 g/mol. The topological polar surface area (TPSA) is 81.1 Å². The fourth-order valence-corrected chi connectivity index (χ4v) is 2.53. The number of nitrogens with zero attached hydrogens (tertiary/aromatic N) is 2. The highest BCUT2D eigenvalue weighted by Crippen LogP contribution is 2.55. The number of hydrogen-bond acceptors (Lipinski definition) is 2. The molecule has 19 heavy (non-hydrogen) atoms. The van der Waals surface area contributed by atoms with Crippen LogP contribution >= 0.6 is 0 Å². The molecule has 1 rings (SSSR count). The Balaban J connectivity index is 3.29. The molecule has 1 saturated carbocycles. The lowest BCUT2D eigenvalue weighted by Gasteiger charge is -2.48. The van der Waals surface area contributed by atoms with Gasteiger partial charge in [-0.05, 0) is 39.0 Å². The summed E-state index contributed by atoms with van der Waals surface area (Å²) in [6.07, 6.45) is -1.10. The van der Waals surface area contributed by atoms with E-state index in [-0.39, 0.29) is 5.41 Å². The van der Waals surface area contributed by atoms with Crippen molar-refractivity contribution in [3.8, 4) is 0 Å². The van der Waals surface area contributed by atoms with Crippen molar-refractivity contribution in [3.63, 3.8) is 0 Å². The minimum atomic E-state index is -1.24. The molecule has 0 aromatic heterocycles. The van der Waals surface area contributed by atoms with Crippen molar-refractivity contribution < 1.29 is 19.8 Å². The average Bonchev–Trinajstić information content (AvgIpc) is 2.89. The van der Waals surface area contributed by atoms with Gasteiger partial charge in [-0.25, -0.2) is 19.6 Å². The summed E-state index contributed by atoms with van der Waals surface area (Å²) in [7, 11) is 0. The smallest absolute Gasteiger partial charge is 0.427 e. The van der Waals surface area contributed by atoms with Gasteiger partial charge in [-0.2, -0.15) is 0 Å². The lowest BCUT2D eigenvalue weighted by Crippen LogP contribution is -2.64. The summed E-state index contributed by atoms with van der Waals surface area (Å²) < 4.78 is 0. The zero-order valence-corrected chi connectivity index (χ0v) is 12.5. The average molecular weight is 272 g/mol. The molecule has 110 valence electrons. The van der Waals surface area contributed by atoms with Crippen LogP contribution in [0.5, 0.6) is 0 Å². The molecule has 6 nitrogen and oxygen atoms in total. The first-order valence-corrected chi connectivity index (χ1v) is 6.41. The van der Waals surface area contributed by atoms with Gasteiger partial charge in [-0.3, -0.25) is 0 Å². The Morgan fingerprint density at radius 2 is 1.37 bits per heavy atom. The van der Waals surface area contributed by atoms with Gasteiger partial charge in [0.1, 0.15) is 0 Å². The van der Waals surface area contributed by atoms with Gasteiger partial charge in [0.05, 0.1) is 11.1 Å². The molecule has 1 fully saturated rings. The second-order valence-corrected chi connectivity index (χ2v) is 7.14. The number of carbonyl (C=O) groups is 2. The van der Waals surface area contributed by atoms with Crippen LogP contribution in [-0.2, 0) is 0 Å². The van der Waals surface area contributed by atoms with E-state index in [4.69, 9.17) is 0 Å². The lowest BCUT2D eigenvalue weighted by molar-refractivity contribution is -0.106. The van der Waals surface area contributed by atoms with Crippen molar-refractivity contribution >= 4 is 12.2 Å². The fourth-order valence-electron chi connectivity index (χ4n) is 2.53. The van der Waals surface area contributed by atoms with Crippen LogP contribution in [0.1, 0.15) is 54.4 Å². The number of carboxylic acid groups (broad SMARTS) is 2. The number of hydrogen-bond donors (Lipinski definition) is 2. The van der Waals surface area contributed by atoms with Gasteiger partial charge < -0.3 is 10.2 Å². The van der Waals surface area contributed by atoms with Gasteiger partial charge in [-0.1, -0.05) is 20.8 Å². The van der Waals surface area contributed by atoms with E-state index in [0.717, 1.165) is 10.0 Å². The first-order valence-electron chi connectivity index (χ1n) is 6.41. The second-order valence-electron chi connectivity index (χ2n) is 7.14. The molecule has 0 aliphatic heterocycles. The first-order chi connectivity index (χ1) is 8.34. The van der Waals surface area contributed by atoms with Crippen LogP contribution in [0.2, 0.25) is 0 Å². The largest absolute Gasteiger partial charge is 0.464 e. The summed E-state index contributed by atoms with van der Waals surface area (Å²) in [6.45, 7) is 10.9. The van der Waals surface area contributed by atoms with E-state index >= 15 is 0 Å². The summed E-state index contributed by atoms with van der Waals surface area (Å²) in [6, 6.07) is 0. The van der Waals surface area contributed by atoms with Crippen LogP contribution in [0.3, 0.4) is 0 Å². The van der Waals surface area contributed by atoms with Gasteiger partial charge in [-0.15, -0.1) is 0 Å². The maximum absolute atomic E-state index is 11.6. The maximum Gasteiger partial charge on any atom is 0.427 e. The van der Waals surface area contributed by atoms with Crippen molar-refractivity contribution in [2.24, 2.45) is 5.41 Å². The third-order valence-electron chi connectivity index (χ3n) is 3.72. The van der Waals surface area contributed by atoms with Gasteiger partial charge in [0.15, 0.2) is 0 Å². The van der Waals surface area contributed by atoms with E-state index in [2.05, 4.69) is 0 Å². The summed E-state index contributed by atoms with van der Waals surface area (Å²) in [5.74, 6) is 0. The Kier molecular flexibility index (Phi) is 3.52. The van der Waals surface area contributed by atoms with E-state index in [1.807, 2.05) is 20.8 Å². The van der Waals surface area contributed by atoms with Crippen LogP contribution in [-0.4, -0.2) is 43.5 Å². The summed E-state index contributed by atoms with van der Waals surface area (Å²) in [4.78, 5) is 23.2. The van der Waals surface area contributed by atoms with E-state index in [1.54, 1.807) is 20.8 Å². The number of hydrazine groups is 1. The Hall–Kier alpha value is -1.46. The van der Waals surface area contributed by atoms with Crippen LogP contribution in [0.4, 0.5) is 9.59 Å². The first kappa shape index (κ1) is 15.6. The highest BCUT2D eigenvalue weighted by molar-refractivity contribution is 5.74. The number of amides is 2. The van der Waals surface area contributed by atoms with Crippen molar-refractivity contribution in [1.82, 2.24) is 10.0 Å². The fraction of sp³-hybridized carbons (Fsp3) is 0.846. The van der Waals surface area contributed by atoms with Crippen LogP contribution in [0.25, 0.3) is 0 Å². The molecule has 2 amide bonds. The Morgan fingerprint density at radius 1 is 0.947 bits per heavy atom. The van der Waals surface area contributed by atoms with Crippen LogP contribution < -0.4 is 0 Å². The molecule has 1 aliphatic rings. The standard InChI is InChI=1S/C13H24N2O4/c1-11(2,3)13(7-8-13)15(10(18)19)14(9(16)17)12(4,5)6/h7-8H2,1-6H3,(H,16,17)(H,18,19). The second kappa shape index (κ2) is 4.28. The molecule has 0 saturated heterocycles. The third kappa shape index (κ3) is 2.62. The van der Waals surface area contributed by atoms with E-state index in [9.17, 15) is 19.8 Å². The van der Waals surface area contributed by atoms with Crippen LogP contribution in [0.15, 0.2) is 0 Å². The summed E-state index contributed by atoms with van der Waals surface area (Å²) in [5.41, 5.74) is -1.76. The van der Waals surface area contributed by atoms with E-state index < -0.39 is 23.3 Å². The molecule has 0 heterocycles. The minimum Gasteiger partial charge on any atom is -0.464 e. The zero-order chi connectivity index (χ0) is 15.2. The normalized spacial score (nSPS) is 17.8. The molecular weight excluding hydrogens is 248 g/mol. The molecule has 0 radical (unpaired) electrons. The SMILES string of the molecule is CC(C)(C)N(C(=O)O)N(C(=O)O)C1(C(C)(C)C)CC1. The molecule has 0 unspecified atom stereocenters. The Labute approximate surface area is 114 Å². The van der Waals surface area contributed by atoms with Gasteiger partial charge in [0.2, 0.25) is 0 Å². The summed E-state index contributed by atoms with van der Waals surface area (Å²) >= 11 is 0. The van der Waals surface area contributed by atoms with Gasteiger partial charge in [0.25, 0.3) is 0 Å². The molecule has 6 heteroatoms. The van der Waals surface area contributed by atoms with Crippen molar-refractivity contribution in [2.75, 3.05) is 0 Å². The van der Waals surface area contributed by atoms with Crippen molar-refractivity contribution in [1.29, 1.82) is 0 Å². The predicted octanol–water partition coefficient (Wildman–Crippen LogP) is 3.24. The summed E-state index contributed by atoms with van der Waals surface area (Å²) in [5, 5.41) is 20.9. The highest BCUT2D eigenvalue weighted by Gasteiger charge is 2.62. The minimum absolute atomic E-state index is 0.315. The molecular formula is C13H24N2O4. The lowest BCUT2D eigenvalue weighted by atomic mass is 9.83. The molecule has 2 N–H and O–H groups in total. The van der Waals surface area contributed by atoms with Gasteiger partial charge >= 0.3 is 12.2 Å². The molecule has 0 aromatic carbocycles. The van der Waals surface area contributed by atoms with Crippen LogP contribution in [0, 0.1) is 5.41 Å². The predicted molar refractivity (Wildman–Crippen MR) is 70.9 cm³/mol. The van der Waals surface area contributed by atoms with E-state index in [1.165, 1.54) is 0 Å². The number of rotatable bonds is 1. The van der Waals surface area contributed by atoms with Gasteiger partial charge in [0, 0.05) is 0 Å². The van der Waals surface area contributed by atoms with Crippen molar-refractivity contribution in [3.05, 3.63) is 0 Å². The molecule has 0 aromatic rings. The molecule has 0 bridgehead atoms. The maximum atomic E-state index is 11.6. The quantitative estimate of drug-likeness (QED) is 0.718. The van der Waals surface area contributed by atoms with Crippen molar-refractivity contribution in [2.45, 2.75) is 65.5 Å². The zero-order valence-electron chi connectivity index (χ0n) is 12.5. The molecule has 0 atom stereocenters.